The number of hydrogen-bond acceptors (Lipinski definition) is 4. The molecule has 0 atom stereocenters. The summed E-state index contributed by atoms with van der Waals surface area (Å²) in [6.45, 7) is 2.45. The third kappa shape index (κ3) is 6.64. The molecule has 0 aliphatic heterocycles. The molecule has 2 rings (SSSR count). The van der Waals surface area contributed by atoms with Crippen molar-refractivity contribution in [3.63, 3.8) is 0 Å². The number of amides is 2. The van der Waals surface area contributed by atoms with Crippen molar-refractivity contribution >= 4 is 91.2 Å². The highest BCUT2D eigenvalue weighted by Gasteiger charge is 2.28. The molecule has 0 aromatic heterocycles. The first-order valence-electron chi connectivity index (χ1n) is 9.82. The Labute approximate surface area is 217 Å². The summed E-state index contributed by atoms with van der Waals surface area (Å²) in [5.41, 5.74) is 2.13. The molecule has 10 heteroatoms. The Bertz CT molecular complexity index is 826. The van der Waals surface area contributed by atoms with Crippen LogP contribution in [0.5, 0.6) is 0 Å². The molecule has 30 heavy (non-hydrogen) atoms. The minimum Gasteiger partial charge on any atom is -0.481 e. The van der Waals surface area contributed by atoms with Gasteiger partial charge in [-0.25, -0.2) is 0 Å². The van der Waals surface area contributed by atoms with Gasteiger partial charge in [0, 0.05) is 40.2 Å². The molecular formula is C20H26I3N3O4. The minimum atomic E-state index is -0.812. The van der Waals surface area contributed by atoms with Crippen LogP contribution in [0.25, 0.3) is 0 Å². The Morgan fingerprint density at radius 1 is 1.07 bits per heavy atom. The maximum atomic E-state index is 12.6. The number of hydrogen-bond donors (Lipinski definition) is 3. The summed E-state index contributed by atoms with van der Waals surface area (Å²) in [4.78, 5) is 37.9. The Morgan fingerprint density at radius 3 is 2.23 bits per heavy atom. The van der Waals surface area contributed by atoms with Gasteiger partial charge in [-0.15, -0.1) is 0 Å². The highest BCUT2D eigenvalue weighted by Crippen LogP contribution is 2.37. The van der Waals surface area contributed by atoms with Gasteiger partial charge in [0.1, 0.15) is 0 Å². The van der Waals surface area contributed by atoms with E-state index >= 15 is 0 Å². The summed E-state index contributed by atoms with van der Waals surface area (Å²) in [5.74, 6) is -1.22. The largest absolute Gasteiger partial charge is 0.481 e. The first kappa shape index (κ1) is 26.0. The lowest BCUT2D eigenvalue weighted by molar-refractivity contribution is -0.137. The SMILES string of the molecule is CNC(=O)c1c(I)c(CN(CCC(=O)O)C2CCCCC2)c(I)c(NC(C)=O)c1I. The predicted molar refractivity (Wildman–Crippen MR) is 142 cm³/mol. The van der Waals surface area contributed by atoms with Gasteiger partial charge in [-0.05, 0) is 86.2 Å². The van der Waals surface area contributed by atoms with Gasteiger partial charge in [0.05, 0.1) is 21.2 Å². The molecule has 1 aliphatic carbocycles. The summed E-state index contributed by atoms with van der Waals surface area (Å²) in [6.07, 6.45) is 5.70. The van der Waals surface area contributed by atoms with Crippen LogP contribution in [0.3, 0.4) is 0 Å². The van der Waals surface area contributed by atoms with Crippen LogP contribution in [0.15, 0.2) is 0 Å². The van der Waals surface area contributed by atoms with Crippen molar-refractivity contribution in [1.29, 1.82) is 0 Å². The van der Waals surface area contributed by atoms with Gasteiger partial charge in [-0.1, -0.05) is 19.3 Å². The van der Waals surface area contributed by atoms with Crippen molar-refractivity contribution in [2.24, 2.45) is 0 Å². The number of carbonyl (C=O) groups is 3. The number of nitrogens with one attached hydrogen (secondary N) is 2. The van der Waals surface area contributed by atoms with Gasteiger partial charge in [0.2, 0.25) is 5.91 Å². The molecule has 0 saturated heterocycles. The number of nitrogens with zero attached hydrogens (tertiary/aromatic N) is 1. The van der Waals surface area contributed by atoms with E-state index in [1.54, 1.807) is 7.05 Å². The minimum absolute atomic E-state index is 0.0783. The highest BCUT2D eigenvalue weighted by molar-refractivity contribution is 14.1. The van der Waals surface area contributed by atoms with E-state index < -0.39 is 5.97 Å². The molecule has 1 saturated carbocycles. The summed E-state index contributed by atoms with van der Waals surface area (Å²) >= 11 is 6.53. The van der Waals surface area contributed by atoms with Crippen molar-refractivity contribution in [2.75, 3.05) is 18.9 Å². The Balaban J connectivity index is 2.53. The molecule has 0 radical (unpaired) electrons. The third-order valence-electron chi connectivity index (χ3n) is 5.23. The lowest BCUT2D eigenvalue weighted by Crippen LogP contribution is -2.38. The fourth-order valence-corrected chi connectivity index (χ4v) is 8.01. The second-order valence-corrected chi connectivity index (χ2v) is 10.6. The van der Waals surface area contributed by atoms with Crippen molar-refractivity contribution < 1.29 is 19.5 Å². The normalized spacial score (nSPS) is 14.6. The topological polar surface area (TPSA) is 98.7 Å². The number of rotatable bonds is 8. The third-order valence-corrected chi connectivity index (χ3v) is 8.69. The second-order valence-electron chi connectivity index (χ2n) is 7.34. The van der Waals surface area contributed by atoms with Crippen LogP contribution in [0, 0.1) is 10.7 Å². The molecule has 0 spiro atoms. The van der Waals surface area contributed by atoms with Gasteiger partial charge in [-0.3, -0.25) is 19.3 Å². The number of anilines is 1. The standard InChI is InChI=1S/C20H26I3N3O4/c1-11(27)25-19-17(22)13(16(21)15(18(19)23)20(30)24-2)10-26(9-8-14(28)29)12-6-4-3-5-7-12/h12H,3-10H2,1-2H3,(H,24,30)(H,25,27)(H,28,29). The van der Waals surface area contributed by atoms with E-state index in [1.165, 1.54) is 13.3 Å². The van der Waals surface area contributed by atoms with Crippen LogP contribution in [0.2, 0.25) is 0 Å². The summed E-state index contributed by atoms with van der Waals surface area (Å²) in [6, 6.07) is 0.330. The summed E-state index contributed by atoms with van der Waals surface area (Å²) in [7, 11) is 1.59. The zero-order chi connectivity index (χ0) is 22.4. The lowest BCUT2D eigenvalue weighted by atomic mass is 9.93. The molecule has 7 nitrogen and oxygen atoms in total. The molecule has 1 aromatic rings. The molecule has 1 fully saturated rings. The quantitative estimate of drug-likeness (QED) is 0.342. The number of carboxylic acids is 1. The average molecular weight is 753 g/mol. The number of aliphatic carboxylic acids is 1. The number of carboxylic acid groups (broad SMARTS) is 1. The lowest BCUT2D eigenvalue weighted by Gasteiger charge is -2.35. The van der Waals surface area contributed by atoms with Crippen molar-refractivity contribution in [3.05, 3.63) is 21.8 Å². The van der Waals surface area contributed by atoms with Gasteiger partial charge in [-0.2, -0.15) is 0 Å². The van der Waals surface area contributed by atoms with Gasteiger partial charge >= 0.3 is 5.97 Å². The average Bonchev–Trinajstić information content (AvgIpc) is 2.70. The molecule has 3 N–H and O–H groups in total. The molecular weight excluding hydrogens is 727 g/mol. The molecule has 2 amide bonds. The fraction of sp³-hybridized carbons (Fsp3) is 0.550. The number of benzene rings is 1. The van der Waals surface area contributed by atoms with Crippen LogP contribution in [-0.4, -0.2) is 47.4 Å². The van der Waals surface area contributed by atoms with Crippen molar-refractivity contribution in [1.82, 2.24) is 10.2 Å². The predicted octanol–water partition coefficient (Wildman–Crippen LogP) is 4.43. The molecule has 1 aliphatic rings. The van der Waals surface area contributed by atoms with Crippen molar-refractivity contribution in [2.45, 2.75) is 58.0 Å². The van der Waals surface area contributed by atoms with Crippen molar-refractivity contribution in [3.8, 4) is 0 Å². The Hall–Kier alpha value is -0.220. The zero-order valence-electron chi connectivity index (χ0n) is 17.0. The summed E-state index contributed by atoms with van der Waals surface area (Å²) in [5, 5.41) is 14.8. The summed E-state index contributed by atoms with van der Waals surface area (Å²) < 4.78 is 2.43. The number of halogens is 3. The zero-order valence-corrected chi connectivity index (χ0v) is 23.5. The van der Waals surface area contributed by atoms with E-state index in [4.69, 9.17) is 0 Å². The smallest absolute Gasteiger partial charge is 0.304 e. The molecule has 0 heterocycles. The molecule has 0 unspecified atom stereocenters. The Kier molecular flexibility index (Phi) is 10.5. The monoisotopic (exact) mass is 753 g/mol. The van der Waals surface area contributed by atoms with Gasteiger partial charge in [0.25, 0.3) is 5.91 Å². The van der Waals surface area contributed by atoms with E-state index in [9.17, 15) is 19.5 Å². The van der Waals surface area contributed by atoms with Crippen LogP contribution < -0.4 is 10.6 Å². The molecule has 166 valence electrons. The first-order valence-corrected chi connectivity index (χ1v) is 13.1. The van der Waals surface area contributed by atoms with Crippen LogP contribution in [0.1, 0.15) is 61.4 Å². The first-order chi connectivity index (χ1) is 14.2. The van der Waals surface area contributed by atoms with Crippen LogP contribution in [-0.2, 0) is 16.1 Å². The fourth-order valence-electron chi connectivity index (χ4n) is 3.74. The molecule has 1 aromatic carbocycles. The van der Waals surface area contributed by atoms with E-state index in [-0.39, 0.29) is 18.2 Å². The maximum Gasteiger partial charge on any atom is 0.304 e. The maximum absolute atomic E-state index is 12.6. The van der Waals surface area contributed by atoms with Crippen LogP contribution in [0.4, 0.5) is 5.69 Å². The van der Waals surface area contributed by atoms with E-state index in [0.717, 1.165) is 38.4 Å². The molecule has 0 bridgehead atoms. The van der Waals surface area contributed by atoms with E-state index in [0.29, 0.717) is 34.0 Å². The van der Waals surface area contributed by atoms with E-state index in [2.05, 4.69) is 83.3 Å². The van der Waals surface area contributed by atoms with E-state index in [1.807, 2.05) is 0 Å². The number of carbonyl (C=O) groups excluding carboxylic acids is 2. The second kappa shape index (κ2) is 12.1. The van der Waals surface area contributed by atoms with Crippen LogP contribution >= 0.6 is 67.8 Å². The Morgan fingerprint density at radius 2 is 1.70 bits per heavy atom. The highest BCUT2D eigenvalue weighted by atomic mass is 127. The van der Waals surface area contributed by atoms with Gasteiger partial charge in [0.15, 0.2) is 0 Å². The van der Waals surface area contributed by atoms with Gasteiger partial charge < -0.3 is 15.7 Å².